The van der Waals surface area contributed by atoms with Crippen LogP contribution in [-0.4, -0.2) is 16.1 Å². The Morgan fingerprint density at radius 1 is 1.26 bits per heavy atom. The molecule has 0 fully saturated rings. The lowest BCUT2D eigenvalue weighted by atomic mass is 10.2. The van der Waals surface area contributed by atoms with E-state index < -0.39 is 5.97 Å². The first-order valence-corrected chi connectivity index (χ1v) is 6.32. The molecule has 0 unspecified atom stereocenters. The summed E-state index contributed by atoms with van der Waals surface area (Å²) in [7, 11) is 0. The SMILES string of the molecule is O=C(O)c1ccnc(-c2cc3cccc(Br)c3o2)c1. The molecule has 0 aliphatic carbocycles. The molecule has 5 heteroatoms. The summed E-state index contributed by atoms with van der Waals surface area (Å²) >= 11 is 3.41. The van der Waals surface area contributed by atoms with Crippen LogP contribution in [0, 0.1) is 0 Å². The molecular weight excluding hydrogens is 310 g/mol. The van der Waals surface area contributed by atoms with Gasteiger partial charge in [-0.2, -0.15) is 0 Å². The van der Waals surface area contributed by atoms with Gasteiger partial charge in [0.25, 0.3) is 0 Å². The highest BCUT2D eigenvalue weighted by molar-refractivity contribution is 9.10. The van der Waals surface area contributed by atoms with Gasteiger partial charge in [0.15, 0.2) is 5.76 Å². The smallest absolute Gasteiger partial charge is 0.335 e. The lowest BCUT2D eigenvalue weighted by Gasteiger charge is -1.97. The molecule has 94 valence electrons. The van der Waals surface area contributed by atoms with Crippen molar-refractivity contribution in [3.8, 4) is 11.5 Å². The van der Waals surface area contributed by atoms with Crippen LogP contribution < -0.4 is 0 Å². The second-order valence-electron chi connectivity index (χ2n) is 4.00. The highest BCUT2D eigenvalue weighted by Crippen LogP contribution is 2.31. The van der Waals surface area contributed by atoms with Gasteiger partial charge in [-0.05, 0) is 40.2 Å². The number of rotatable bonds is 2. The van der Waals surface area contributed by atoms with Crippen LogP contribution in [0.1, 0.15) is 10.4 Å². The summed E-state index contributed by atoms with van der Waals surface area (Å²) < 4.78 is 6.57. The Labute approximate surface area is 116 Å². The van der Waals surface area contributed by atoms with Crippen molar-refractivity contribution in [1.82, 2.24) is 4.98 Å². The maximum Gasteiger partial charge on any atom is 0.335 e. The van der Waals surface area contributed by atoms with Gasteiger partial charge in [-0.15, -0.1) is 0 Å². The predicted octanol–water partition coefficient (Wildman–Crippen LogP) is 3.96. The van der Waals surface area contributed by atoms with Crippen molar-refractivity contribution in [3.63, 3.8) is 0 Å². The molecule has 0 spiro atoms. The molecule has 0 bridgehead atoms. The molecule has 4 nitrogen and oxygen atoms in total. The number of carbonyl (C=O) groups is 1. The van der Waals surface area contributed by atoms with E-state index in [1.54, 1.807) is 0 Å². The third-order valence-corrected chi connectivity index (χ3v) is 3.38. The molecule has 2 heterocycles. The first kappa shape index (κ1) is 11.9. The maximum atomic E-state index is 10.9. The Bertz CT molecular complexity index is 779. The topological polar surface area (TPSA) is 63.3 Å². The number of aromatic nitrogens is 1. The minimum atomic E-state index is -0.985. The van der Waals surface area contributed by atoms with Gasteiger partial charge >= 0.3 is 5.97 Å². The van der Waals surface area contributed by atoms with Crippen LogP contribution in [0.3, 0.4) is 0 Å². The van der Waals surface area contributed by atoms with E-state index in [0.717, 1.165) is 15.4 Å². The summed E-state index contributed by atoms with van der Waals surface area (Å²) in [4.78, 5) is 15.1. The van der Waals surface area contributed by atoms with Gasteiger partial charge in [0.05, 0.1) is 10.0 Å². The summed E-state index contributed by atoms with van der Waals surface area (Å²) in [6.07, 6.45) is 1.46. The van der Waals surface area contributed by atoms with E-state index in [0.29, 0.717) is 11.5 Å². The van der Waals surface area contributed by atoms with Crippen LogP contribution in [0.2, 0.25) is 0 Å². The van der Waals surface area contributed by atoms with E-state index in [1.165, 1.54) is 18.3 Å². The molecule has 2 aromatic heterocycles. The third kappa shape index (κ3) is 2.13. The highest BCUT2D eigenvalue weighted by atomic mass is 79.9. The van der Waals surface area contributed by atoms with Crippen molar-refractivity contribution in [3.05, 3.63) is 52.6 Å². The molecule has 0 radical (unpaired) electrons. The summed E-state index contributed by atoms with van der Waals surface area (Å²) in [5, 5.41) is 9.91. The Morgan fingerprint density at radius 3 is 2.84 bits per heavy atom. The van der Waals surface area contributed by atoms with E-state index in [-0.39, 0.29) is 5.56 Å². The fraction of sp³-hybridized carbons (Fsp3) is 0. The lowest BCUT2D eigenvalue weighted by molar-refractivity contribution is 0.0697. The van der Waals surface area contributed by atoms with Crippen molar-refractivity contribution < 1.29 is 14.3 Å². The molecule has 0 amide bonds. The van der Waals surface area contributed by atoms with Crippen LogP contribution in [-0.2, 0) is 0 Å². The average Bonchev–Trinajstić information content (AvgIpc) is 2.84. The first-order chi connectivity index (χ1) is 9.15. The molecule has 1 N–H and O–H groups in total. The minimum absolute atomic E-state index is 0.185. The zero-order chi connectivity index (χ0) is 13.4. The van der Waals surface area contributed by atoms with Crippen LogP contribution in [0.15, 0.2) is 51.5 Å². The van der Waals surface area contributed by atoms with Crippen molar-refractivity contribution in [2.75, 3.05) is 0 Å². The van der Waals surface area contributed by atoms with Gasteiger partial charge < -0.3 is 9.52 Å². The van der Waals surface area contributed by atoms with E-state index in [9.17, 15) is 4.79 Å². The number of benzene rings is 1. The lowest BCUT2D eigenvalue weighted by Crippen LogP contribution is -1.96. The number of para-hydroxylation sites is 1. The van der Waals surface area contributed by atoms with Gasteiger partial charge in [-0.25, -0.2) is 4.79 Å². The molecule has 0 saturated carbocycles. The first-order valence-electron chi connectivity index (χ1n) is 5.53. The monoisotopic (exact) mass is 317 g/mol. The van der Waals surface area contributed by atoms with E-state index in [2.05, 4.69) is 20.9 Å². The Morgan fingerprint density at radius 2 is 2.11 bits per heavy atom. The van der Waals surface area contributed by atoms with Crippen LogP contribution in [0.4, 0.5) is 0 Å². The number of pyridine rings is 1. The summed E-state index contributed by atoms with van der Waals surface area (Å²) in [5.41, 5.74) is 1.41. The number of hydrogen-bond acceptors (Lipinski definition) is 3. The molecular formula is C14H8BrNO3. The fourth-order valence-corrected chi connectivity index (χ4v) is 2.31. The van der Waals surface area contributed by atoms with Crippen molar-refractivity contribution in [2.24, 2.45) is 0 Å². The number of nitrogens with zero attached hydrogens (tertiary/aromatic N) is 1. The number of furan rings is 1. The van der Waals surface area contributed by atoms with Gasteiger partial charge in [0, 0.05) is 11.6 Å². The van der Waals surface area contributed by atoms with Crippen LogP contribution in [0.5, 0.6) is 0 Å². The number of halogens is 1. The second-order valence-corrected chi connectivity index (χ2v) is 4.86. The zero-order valence-electron chi connectivity index (χ0n) is 9.63. The quantitative estimate of drug-likeness (QED) is 0.777. The number of fused-ring (bicyclic) bond motifs is 1. The zero-order valence-corrected chi connectivity index (χ0v) is 11.2. The summed E-state index contributed by atoms with van der Waals surface area (Å²) in [6, 6.07) is 10.5. The standard InChI is InChI=1S/C14H8BrNO3/c15-10-3-1-2-8-7-12(19-13(8)10)11-6-9(14(17)18)4-5-16-11/h1-7H,(H,17,18). The molecule has 0 aliphatic heterocycles. The maximum absolute atomic E-state index is 10.9. The Kier molecular flexibility index (Phi) is 2.83. The number of aromatic carboxylic acids is 1. The van der Waals surface area contributed by atoms with Gasteiger partial charge in [0.1, 0.15) is 11.3 Å². The van der Waals surface area contributed by atoms with E-state index in [1.807, 2.05) is 24.3 Å². The second kappa shape index (κ2) is 4.51. The summed E-state index contributed by atoms with van der Waals surface area (Å²) in [6.45, 7) is 0. The molecule has 19 heavy (non-hydrogen) atoms. The van der Waals surface area contributed by atoms with E-state index >= 15 is 0 Å². The largest absolute Gasteiger partial charge is 0.478 e. The van der Waals surface area contributed by atoms with Gasteiger partial charge in [-0.1, -0.05) is 12.1 Å². The molecule has 0 atom stereocenters. The van der Waals surface area contributed by atoms with Gasteiger partial charge in [0.2, 0.25) is 0 Å². The molecule has 3 aromatic rings. The highest BCUT2D eigenvalue weighted by Gasteiger charge is 2.11. The average molecular weight is 318 g/mol. The normalized spacial score (nSPS) is 10.8. The fourth-order valence-electron chi connectivity index (χ4n) is 1.85. The predicted molar refractivity (Wildman–Crippen MR) is 74.1 cm³/mol. The van der Waals surface area contributed by atoms with Crippen molar-refractivity contribution >= 4 is 32.9 Å². The van der Waals surface area contributed by atoms with Crippen LogP contribution in [0.25, 0.3) is 22.4 Å². The molecule has 3 rings (SSSR count). The molecule has 1 aromatic carbocycles. The van der Waals surface area contributed by atoms with Gasteiger partial charge in [-0.3, -0.25) is 4.98 Å². The van der Waals surface area contributed by atoms with Crippen molar-refractivity contribution in [1.29, 1.82) is 0 Å². The third-order valence-electron chi connectivity index (χ3n) is 2.76. The Balaban J connectivity index is 2.16. The van der Waals surface area contributed by atoms with Crippen molar-refractivity contribution in [2.45, 2.75) is 0 Å². The number of carboxylic acids is 1. The molecule has 0 aliphatic rings. The van der Waals surface area contributed by atoms with E-state index in [4.69, 9.17) is 9.52 Å². The summed E-state index contributed by atoms with van der Waals surface area (Å²) in [5.74, 6) is -0.439. The Hall–Kier alpha value is -2.14. The van der Waals surface area contributed by atoms with Crippen LogP contribution >= 0.6 is 15.9 Å². The molecule has 0 saturated heterocycles. The number of hydrogen-bond donors (Lipinski definition) is 1. The number of carboxylic acid groups (broad SMARTS) is 1. The minimum Gasteiger partial charge on any atom is -0.478 e.